The number of aliphatic hydroxyl groups is 3. The average Bonchev–Trinajstić information content (AvgIpc) is 2.15. The summed E-state index contributed by atoms with van der Waals surface area (Å²) in [6.45, 7) is 0. The number of carbonyl (C=O) groups is 3. The molecule has 0 saturated carbocycles. The van der Waals surface area contributed by atoms with Crippen LogP contribution in [0.4, 0.5) is 0 Å². The van der Waals surface area contributed by atoms with E-state index in [1.807, 2.05) is 0 Å². The van der Waals surface area contributed by atoms with Crippen LogP contribution in [0.2, 0.25) is 0 Å². The number of carboxylic acid groups (broad SMARTS) is 3. The van der Waals surface area contributed by atoms with E-state index < -0.39 is 42.1 Å². The minimum absolute atomic E-state index is 1.36. The van der Waals surface area contributed by atoms with Crippen LogP contribution in [0.1, 0.15) is 6.42 Å². The van der Waals surface area contributed by atoms with Crippen molar-refractivity contribution in [2.75, 3.05) is 0 Å². The lowest BCUT2D eigenvalue weighted by atomic mass is 9.90. The molecule has 6 N–H and O–H groups in total. The fourth-order valence-corrected chi connectivity index (χ4v) is 0.902. The molecule has 0 aromatic heterocycles. The van der Waals surface area contributed by atoms with Gasteiger partial charge in [0, 0.05) is 6.42 Å². The molecule has 0 aromatic rings. The zero-order chi connectivity index (χ0) is 13.1. The molecule has 3 unspecified atom stereocenters. The van der Waals surface area contributed by atoms with Crippen molar-refractivity contribution in [1.82, 2.24) is 0 Å². The summed E-state index contributed by atoms with van der Waals surface area (Å²) >= 11 is 0. The molecule has 0 bridgehead atoms. The number of rotatable bonds is 6. The first-order chi connectivity index (χ1) is 7.12. The van der Waals surface area contributed by atoms with Crippen molar-refractivity contribution in [1.29, 1.82) is 0 Å². The van der Waals surface area contributed by atoms with Gasteiger partial charge in [0.2, 0.25) is 5.60 Å². The van der Waals surface area contributed by atoms with Crippen molar-refractivity contribution in [2.24, 2.45) is 0 Å². The third-order valence-electron chi connectivity index (χ3n) is 1.85. The third-order valence-corrected chi connectivity index (χ3v) is 1.85. The van der Waals surface area contributed by atoms with E-state index in [1.54, 1.807) is 0 Å². The van der Waals surface area contributed by atoms with Crippen molar-refractivity contribution < 1.29 is 45.0 Å². The van der Waals surface area contributed by atoms with Gasteiger partial charge in [-0.05, 0) is 0 Å². The van der Waals surface area contributed by atoms with Crippen LogP contribution in [0.15, 0.2) is 0 Å². The van der Waals surface area contributed by atoms with Crippen LogP contribution in [0, 0.1) is 0 Å². The van der Waals surface area contributed by atoms with Gasteiger partial charge >= 0.3 is 17.9 Å². The Kier molecular flexibility index (Phi) is 4.35. The minimum atomic E-state index is -3.27. The minimum Gasteiger partial charge on any atom is -0.479 e. The SMILES string of the molecule is O=C(O)C(O)CC(O)(C(=O)O)C(O)C(=O)O. The van der Waals surface area contributed by atoms with Crippen LogP contribution < -0.4 is 0 Å². The molecule has 9 heteroatoms. The summed E-state index contributed by atoms with van der Waals surface area (Å²) in [7, 11) is 0. The zero-order valence-corrected chi connectivity index (χ0v) is 7.77. The van der Waals surface area contributed by atoms with Gasteiger partial charge in [-0.3, -0.25) is 0 Å². The van der Waals surface area contributed by atoms with E-state index in [-0.39, 0.29) is 0 Å². The summed E-state index contributed by atoms with van der Waals surface area (Å²) in [5.41, 5.74) is -3.27. The first kappa shape index (κ1) is 14.3. The van der Waals surface area contributed by atoms with Crippen LogP contribution in [0.25, 0.3) is 0 Å². The van der Waals surface area contributed by atoms with Gasteiger partial charge in [0.05, 0.1) is 0 Å². The van der Waals surface area contributed by atoms with Crippen LogP contribution in [0.5, 0.6) is 0 Å². The molecule has 16 heavy (non-hydrogen) atoms. The topological polar surface area (TPSA) is 173 Å². The van der Waals surface area contributed by atoms with Gasteiger partial charge in [0.15, 0.2) is 12.2 Å². The molecule has 0 rings (SSSR count). The highest BCUT2D eigenvalue weighted by Gasteiger charge is 2.50. The number of carboxylic acids is 3. The Bertz CT molecular complexity index is 311. The van der Waals surface area contributed by atoms with Crippen LogP contribution in [0.3, 0.4) is 0 Å². The van der Waals surface area contributed by atoms with Gasteiger partial charge in [-0.2, -0.15) is 0 Å². The number of hydrogen-bond acceptors (Lipinski definition) is 6. The smallest absolute Gasteiger partial charge is 0.339 e. The van der Waals surface area contributed by atoms with Crippen molar-refractivity contribution >= 4 is 17.9 Å². The largest absolute Gasteiger partial charge is 0.479 e. The van der Waals surface area contributed by atoms with Crippen LogP contribution >= 0.6 is 0 Å². The second kappa shape index (κ2) is 4.88. The molecule has 0 heterocycles. The molecule has 0 aliphatic rings. The van der Waals surface area contributed by atoms with E-state index in [0.717, 1.165) is 0 Å². The second-order valence-corrected chi connectivity index (χ2v) is 3.03. The van der Waals surface area contributed by atoms with E-state index in [9.17, 15) is 19.5 Å². The van der Waals surface area contributed by atoms with Crippen LogP contribution in [-0.2, 0) is 14.4 Å². The molecule has 0 saturated heterocycles. The van der Waals surface area contributed by atoms with Crippen LogP contribution in [-0.4, -0.2) is 66.4 Å². The number of aliphatic hydroxyl groups excluding tert-OH is 2. The lowest BCUT2D eigenvalue weighted by Crippen LogP contribution is -2.55. The highest BCUT2D eigenvalue weighted by molar-refractivity contribution is 5.88. The molecule has 0 radical (unpaired) electrons. The molecule has 92 valence electrons. The highest BCUT2D eigenvalue weighted by atomic mass is 16.4. The molecule has 0 aliphatic heterocycles. The Morgan fingerprint density at radius 2 is 1.44 bits per heavy atom. The van der Waals surface area contributed by atoms with E-state index in [4.69, 9.17) is 25.5 Å². The summed E-state index contributed by atoms with van der Waals surface area (Å²) < 4.78 is 0. The standard InChI is InChI=1S/C7H10O9/c8-2(4(10)11)1-7(16,6(14)15)3(9)5(12)13/h2-3,8-9,16H,1H2,(H,10,11)(H,12,13)(H,14,15). The molecule has 0 amide bonds. The molecular weight excluding hydrogens is 228 g/mol. The predicted molar refractivity (Wildman–Crippen MR) is 44.5 cm³/mol. The highest BCUT2D eigenvalue weighted by Crippen LogP contribution is 2.19. The van der Waals surface area contributed by atoms with Gasteiger partial charge < -0.3 is 30.6 Å². The fraction of sp³-hybridized carbons (Fsp3) is 0.571. The Labute approximate surface area is 88.2 Å². The summed E-state index contributed by atoms with van der Waals surface area (Å²) in [6, 6.07) is 0. The van der Waals surface area contributed by atoms with Gasteiger partial charge in [0.25, 0.3) is 0 Å². The second-order valence-electron chi connectivity index (χ2n) is 3.03. The van der Waals surface area contributed by atoms with E-state index in [2.05, 4.69) is 0 Å². The molecule has 0 aromatic carbocycles. The lowest BCUT2D eigenvalue weighted by Gasteiger charge is -2.26. The summed E-state index contributed by atoms with van der Waals surface area (Å²) in [4.78, 5) is 31.1. The maximum absolute atomic E-state index is 10.5. The molecule has 0 aliphatic carbocycles. The van der Waals surface area contributed by atoms with Crippen molar-refractivity contribution in [3.63, 3.8) is 0 Å². The van der Waals surface area contributed by atoms with Gasteiger partial charge in [-0.1, -0.05) is 0 Å². The quantitative estimate of drug-likeness (QED) is 0.283. The first-order valence-electron chi connectivity index (χ1n) is 3.90. The Hall–Kier alpha value is -1.71. The summed E-state index contributed by atoms with van der Waals surface area (Å²) in [5.74, 6) is -6.05. The molecule has 0 spiro atoms. The Balaban J connectivity index is 5.05. The van der Waals surface area contributed by atoms with E-state index >= 15 is 0 Å². The molecule has 0 fully saturated rings. The Morgan fingerprint density at radius 1 is 1.00 bits per heavy atom. The fourth-order valence-electron chi connectivity index (χ4n) is 0.902. The lowest BCUT2D eigenvalue weighted by molar-refractivity contribution is -0.189. The Morgan fingerprint density at radius 3 is 1.69 bits per heavy atom. The zero-order valence-electron chi connectivity index (χ0n) is 7.77. The molecular formula is C7H10O9. The normalized spacial score (nSPS) is 18.2. The maximum Gasteiger partial charge on any atom is 0.339 e. The van der Waals surface area contributed by atoms with Gasteiger partial charge in [-0.15, -0.1) is 0 Å². The monoisotopic (exact) mass is 238 g/mol. The average molecular weight is 238 g/mol. The van der Waals surface area contributed by atoms with E-state index in [1.165, 1.54) is 0 Å². The van der Waals surface area contributed by atoms with Crippen molar-refractivity contribution in [3.8, 4) is 0 Å². The van der Waals surface area contributed by atoms with Gasteiger partial charge in [-0.25, -0.2) is 14.4 Å². The van der Waals surface area contributed by atoms with Gasteiger partial charge in [0.1, 0.15) is 0 Å². The van der Waals surface area contributed by atoms with Crippen molar-refractivity contribution in [2.45, 2.75) is 24.2 Å². The van der Waals surface area contributed by atoms with E-state index in [0.29, 0.717) is 0 Å². The maximum atomic E-state index is 10.5. The first-order valence-corrected chi connectivity index (χ1v) is 3.90. The molecule has 9 nitrogen and oxygen atoms in total. The predicted octanol–water partition coefficient (Wildman–Crippen LogP) is -2.92. The summed E-state index contributed by atoms with van der Waals surface area (Å²) in [6.07, 6.45) is -6.42. The molecule has 3 atom stereocenters. The third kappa shape index (κ3) is 2.89. The van der Waals surface area contributed by atoms with Crippen molar-refractivity contribution in [3.05, 3.63) is 0 Å². The summed E-state index contributed by atoms with van der Waals surface area (Å²) in [5, 5.41) is 52.1. The number of aliphatic carboxylic acids is 3. The number of hydrogen-bond donors (Lipinski definition) is 6.